The fraction of sp³-hybridized carbons (Fsp3) is 0.522. The largest absolute Gasteiger partial charge is 0.508 e. The molecular weight excluding hydrogens is 488 g/mol. The van der Waals surface area contributed by atoms with E-state index in [9.17, 15) is 39.3 Å². The maximum Gasteiger partial charge on any atom is 0.326 e. The number of phenols is 1. The summed E-state index contributed by atoms with van der Waals surface area (Å²) < 4.78 is 0. The molecule has 0 bridgehead atoms. The van der Waals surface area contributed by atoms with Crippen LogP contribution in [0.4, 0.5) is 0 Å². The Morgan fingerprint density at radius 3 is 1.95 bits per heavy atom. The molecule has 0 fully saturated rings. The summed E-state index contributed by atoms with van der Waals surface area (Å²) >= 11 is 0. The molecule has 37 heavy (non-hydrogen) atoms. The number of aliphatic hydroxyl groups excluding tert-OH is 1. The number of amides is 4. The molecule has 0 aliphatic carbocycles. The molecule has 12 N–H and O–H groups in total. The Bertz CT molecular complexity index is 940. The van der Waals surface area contributed by atoms with E-state index in [2.05, 4.69) is 16.0 Å². The van der Waals surface area contributed by atoms with Crippen molar-refractivity contribution in [2.45, 2.75) is 69.3 Å². The lowest BCUT2D eigenvalue weighted by atomic mass is 10.0. The molecule has 0 aliphatic rings. The van der Waals surface area contributed by atoms with Crippen LogP contribution < -0.4 is 33.2 Å². The van der Waals surface area contributed by atoms with Gasteiger partial charge in [-0.1, -0.05) is 12.1 Å². The van der Waals surface area contributed by atoms with Crippen molar-refractivity contribution < 1.29 is 39.3 Å². The number of unbranched alkanes of at least 4 members (excludes halogenated alkanes) is 1. The Labute approximate surface area is 213 Å². The number of carbonyl (C=O) groups excluding carboxylic acids is 4. The van der Waals surface area contributed by atoms with E-state index in [-0.39, 0.29) is 18.6 Å². The van der Waals surface area contributed by atoms with Crippen LogP contribution in [0.5, 0.6) is 5.75 Å². The van der Waals surface area contributed by atoms with Crippen LogP contribution in [0.15, 0.2) is 24.3 Å². The van der Waals surface area contributed by atoms with Crippen molar-refractivity contribution in [3.05, 3.63) is 29.8 Å². The summed E-state index contributed by atoms with van der Waals surface area (Å²) in [6, 6.07) is 0.315. The molecule has 0 saturated heterocycles. The van der Waals surface area contributed by atoms with Gasteiger partial charge >= 0.3 is 5.97 Å². The topological polar surface area (TPSA) is 260 Å². The Balaban J connectivity index is 3.04. The number of nitrogens with two attached hydrogens (primary N) is 3. The van der Waals surface area contributed by atoms with E-state index in [4.69, 9.17) is 17.2 Å². The number of nitrogens with one attached hydrogen (secondary N) is 3. The summed E-state index contributed by atoms with van der Waals surface area (Å²) in [5.74, 6) is -4.89. The van der Waals surface area contributed by atoms with Gasteiger partial charge in [0.05, 0.1) is 12.5 Å². The normalized spacial score (nSPS) is 14.9. The van der Waals surface area contributed by atoms with E-state index in [1.54, 1.807) is 0 Å². The molecule has 5 unspecified atom stereocenters. The Kier molecular flexibility index (Phi) is 13.0. The van der Waals surface area contributed by atoms with Crippen LogP contribution in [0.2, 0.25) is 0 Å². The zero-order valence-electron chi connectivity index (χ0n) is 20.6. The smallest absolute Gasteiger partial charge is 0.326 e. The lowest BCUT2D eigenvalue weighted by Gasteiger charge is -2.25. The number of hydrogen-bond donors (Lipinski definition) is 9. The number of aromatic hydroxyl groups is 1. The van der Waals surface area contributed by atoms with E-state index in [0.717, 1.165) is 0 Å². The molecule has 14 heteroatoms. The zero-order chi connectivity index (χ0) is 28.1. The van der Waals surface area contributed by atoms with Gasteiger partial charge in [-0.05, 0) is 50.4 Å². The monoisotopic (exact) mass is 524 g/mol. The van der Waals surface area contributed by atoms with Gasteiger partial charge in [0.15, 0.2) is 0 Å². The molecule has 14 nitrogen and oxygen atoms in total. The third-order valence-electron chi connectivity index (χ3n) is 5.43. The first-order valence-corrected chi connectivity index (χ1v) is 11.7. The maximum atomic E-state index is 13.0. The molecule has 0 heterocycles. The van der Waals surface area contributed by atoms with Gasteiger partial charge in [-0.25, -0.2) is 4.79 Å². The first-order chi connectivity index (χ1) is 17.3. The predicted octanol–water partition coefficient (Wildman–Crippen LogP) is -2.81. The van der Waals surface area contributed by atoms with Crippen molar-refractivity contribution in [1.82, 2.24) is 16.0 Å². The second-order valence-electron chi connectivity index (χ2n) is 8.61. The number of carboxylic acid groups (broad SMARTS) is 1. The standard InChI is InChI=1S/C23H36N6O8/c1-12(30)19(26)22(35)28-16(11-18(25)32)21(34)27-15(4-2-3-9-24)20(33)29-17(23(36)37)10-13-5-7-14(31)8-6-13/h5-8,12,15-17,19,30-31H,2-4,9-11,24,26H2,1H3,(H2,25,32)(H,27,34)(H,28,35)(H,29,33)(H,36,37). The molecule has 4 amide bonds. The highest BCUT2D eigenvalue weighted by Gasteiger charge is 2.31. The number of benzene rings is 1. The summed E-state index contributed by atoms with van der Waals surface area (Å²) in [5, 5.41) is 35.6. The first kappa shape index (κ1) is 31.3. The quantitative estimate of drug-likeness (QED) is 0.100. The number of primary amides is 1. The fourth-order valence-corrected chi connectivity index (χ4v) is 3.27. The lowest BCUT2D eigenvalue weighted by Crippen LogP contribution is -2.58. The van der Waals surface area contributed by atoms with Crippen molar-refractivity contribution in [2.75, 3.05) is 6.54 Å². The summed E-state index contributed by atoms with van der Waals surface area (Å²) in [5.41, 5.74) is 16.8. The van der Waals surface area contributed by atoms with Gasteiger partial charge in [-0.2, -0.15) is 0 Å². The molecule has 0 aromatic heterocycles. The number of aliphatic hydroxyl groups is 1. The van der Waals surface area contributed by atoms with E-state index in [0.29, 0.717) is 24.9 Å². The van der Waals surface area contributed by atoms with Crippen molar-refractivity contribution in [1.29, 1.82) is 0 Å². The highest BCUT2D eigenvalue weighted by molar-refractivity contribution is 5.96. The minimum absolute atomic E-state index is 0.00523. The van der Waals surface area contributed by atoms with Crippen LogP contribution in [-0.4, -0.2) is 81.7 Å². The maximum absolute atomic E-state index is 13.0. The number of phenolic OH excluding ortho intramolecular Hbond substituents is 1. The van der Waals surface area contributed by atoms with Crippen molar-refractivity contribution in [2.24, 2.45) is 17.2 Å². The molecule has 0 saturated carbocycles. The number of rotatable bonds is 16. The molecule has 206 valence electrons. The second-order valence-corrected chi connectivity index (χ2v) is 8.61. The number of aliphatic carboxylic acids is 1. The van der Waals surface area contributed by atoms with Gasteiger partial charge in [0.25, 0.3) is 0 Å². The van der Waals surface area contributed by atoms with E-state index < -0.39 is 66.3 Å². The number of carbonyl (C=O) groups is 5. The summed E-state index contributed by atoms with van der Waals surface area (Å²) in [7, 11) is 0. The predicted molar refractivity (Wildman–Crippen MR) is 132 cm³/mol. The molecule has 1 rings (SSSR count). The van der Waals surface area contributed by atoms with Gasteiger partial charge in [-0.15, -0.1) is 0 Å². The average molecular weight is 525 g/mol. The Morgan fingerprint density at radius 2 is 1.43 bits per heavy atom. The van der Waals surface area contributed by atoms with Crippen molar-refractivity contribution in [3.63, 3.8) is 0 Å². The number of hydrogen-bond acceptors (Lipinski definition) is 9. The Morgan fingerprint density at radius 1 is 0.892 bits per heavy atom. The van der Waals surface area contributed by atoms with Crippen LogP contribution in [0.1, 0.15) is 38.2 Å². The molecule has 1 aromatic carbocycles. The minimum Gasteiger partial charge on any atom is -0.508 e. The highest BCUT2D eigenvalue weighted by Crippen LogP contribution is 2.12. The molecular formula is C23H36N6O8. The van der Waals surface area contributed by atoms with Crippen LogP contribution in [-0.2, 0) is 30.4 Å². The summed E-state index contributed by atoms with van der Waals surface area (Å²) in [6.07, 6.45) is -0.939. The first-order valence-electron chi connectivity index (χ1n) is 11.7. The fourth-order valence-electron chi connectivity index (χ4n) is 3.27. The SMILES string of the molecule is CC(O)C(N)C(=O)NC(CC(N)=O)C(=O)NC(CCCCN)C(=O)NC(Cc1ccc(O)cc1)C(=O)O. The summed E-state index contributed by atoms with van der Waals surface area (Å²) in [4.78, 5) is 61.4. The van der Waals surface area contributed by atoms with E-state index in [1.165, 1.54) is 31.2 Å². The third kappa shape index (κ3) is 11.2. The molecule has 0 aliphatic heterocycles. The molecule has 1 aromatic rings. The third-order valence-corrected chi connectivity index (χ3v) is 5.43. The zero-order valence-corrected chi connectivity index (χ0v) is 20.6. The average Bonchev–Trinajstić information content (AvgIpc) is 2.82. The van der Waals surface area contributed by atoms with Gasteiger partial charge in [-0.3, -0.25) is 19.2 Å². The van der Waals surface area contributed by atoms with Gasteiger partial charge in [0, 0.05) is 6.42 Å². The molecule has 0 spiro atoms. The van der Waals surface area contributed by atoms with Gasteiger partial charge in [0.1, 0.15) is 29.9 Å². The molecule has 0 radical (unpaired) electrons. The van der Waals surface area contributed by atoms with Crippen LogP contribution in [0.3, 0.4) is 0 Å². The van der Waals surface area contributed by atoms with Crippen molar-refractivity contribution >= 4 is 29.6 Å². The van der Waals surface area contributed by atoms with Gasteiger partial charge < -0.3 is 48.5 Å². The molecule has 5 atom stereocenters. The highest BCUT2D eigenvalue weighted by atomic mass is 16.4. The minimum atomic E-state index is -1.49. The van der Waals surface area contributed by atoms with E-state index >= 15 is 0 Å². The second kappa shape index (κ2) is 15.4. The number of carboxylic acids is 1. The Hall–Kier alpha value is -3.75. The van der Waals surface area contributed by atoms with Gasteiger partial charge in [0.2, 0.25) is 23.6 Å². The lowest BCUT2D eigenvalue weighted by molar-refractivity contribution is -0.142. The summed E-state index contributed by atoms with van der Waals surface area (Å²) in [6.45, 7) is 1.58. The van der Waals surface area contributed by atoms with Crippen LogP contribution in [0.25, 0.3) is 0 Å². The van der Waals surface area contributed by atoms with Crippen molar-refractivity contribution in [3.8, 4) is 5.75 Å². The van der Waals surface area contributed by atoms with E-state index in [1.807, 2.05) is 0 Å². The van der Waals surface area contributed by atoms with Crippen LogP contribution >= 0.6 is 0 Å². The van der Waals surface area contributed by atoms with Crippen LogP contribution in [0, 0.1) is 0 Å².